The summed E-state index contributed by atoms with van der Waals surface area (Å²) < 4.78 is 0. The second-order valence-electron chi connectivity index (χ2n) is 4.04. The Morgan fingerprint density at radius 3 is 2.63 bits per heavy atom. The van der Waals surface area contributed by atoms with Crippen LogP contribution in [0.25, 0.3) is 0 Å². The molecule has 0 saturated carbocycles. The van der Waals surface area contributed by atoms with Crippen molar-refractivity contribution in [3.63, 3.8) is 0 Å². The molecule has 0 atom stereocenters. The van der Waals surface area contributed by atoms with Crippen molar-refractivity contribution in [3.05, 3.63) is 53.1 Å². The van der Waals surface area contributed by atoms with Crippen LogP contribution in [0.3, 0.4) is 0 Å². The summed E-state index contributed by atoms with van der Waals surface area (Å²) in [6.07, 6.45) is 0. The van der Waals surface area contributed by atoms with E-state index in [4.69, 9.17) is 11.6 Å². The largest absolute Gasteiger partial charge is 0.508 e. The lowest BCUT2D eigenvalue weighted by Gasteiger charge is -2.10. The number of phenols is 1. The maximum Gasteiger partial charge on any atom is 0.323 e. The number of rotatable bonds is 2. The molecule has 0 aliphatic heterocycles. The first-order valence-corrected chi connectivity index (χ1v) is 6.06. The van der Waals surface area contributed by atoms with Gasteiger partial charge in [0.2, 0.25) is 0 Å². The van der Waals surface area contributed by atoms with E-state index in [0.717, 1.165) is 0 Å². The second-order valence-corrected chi connectivity index (χ2v) is 4.48. The van der Waals surface area contributed by atoms with E-state index in [1.54, 1.807) is 49.4 Å². The van der Waals surface area contributed by atoms with Gasteiger partial charge in [0.15, 0.2) is 0 Å². The Kier molecular flexibility index (Phi) is 3.92. The molecule has 2 amide bonds. The summed E-state index contributed by atoms with van der Waals surface area (Å²) in [5, 5.41) is 15.4. The lowest BCUT2D eigenvalue weighted by Crippen LogP contribution is -2.19. The molecule has 0 aromatic heterocycles. The number of amides is 2. The smallest absolute Gasteiger partial charge is 0.323 e. The van der Waals surface area contributed by atoms with E-state index in [2.05, 4.69) is 10.6 Å². The Balaban J connectivity index is 2.08. The highest BCUT2D eigenvalue weighted by molar-refractivity contribution is 6.30. The van der Waals surface area contributed by atoms with Crippen molar-refractivity contribution < 1.29 is 9.90 Å². The van der Waals surface area contributed by atoms with E-state index in [9.17, 15) is 9.90 Å². The zero-order valence-corrected chi connectivity index (χ0v) is 11.0. The molecule has 4 nitrogen and oxygen atoms in total. The van der Waals surface area contributed by atoms with E-state index >= 15 is 0 Å². The molecular weight excluding hydrogens is 264 g/mol. The van der Waals surface area contributed by atoms with Crippen molar-refractivity contribution in [1.29, 1.82) is 0 Å². The third kappa shape index (κ3) is 3.39. The fourth-order valence-electron chi connectivity index (χ4n) is 1.61. The van der Waals surface area contributed by atoms with Gasteiger partial charge >= 0.3 is 6.03 Å². The number of nitrogens with one attached hydrogen (secondary N) is 2. The molecule has 5 heteroatoms. The van der Waals surface area contributed by atoms with Gasteiger partial charge < -0.3 is 15.7 Å². The molecule has 0 radical (unpaired) electrons. The standard InChI is InChI=1S/C14H13ClN2O2/c1-9-12(6-3-7-13(9)18)17-14(19)16-11-5-2-4-10(15)8-11/h2-8,18H,1H3,(H2,16,17,19). The zero-order chi connectivity index (χ0) is 13.8. The summed E-state index contributed by atoms with van der Waals surface area (Å²) in [5.41, 5.74) is 1.77. The predicted molar refractivity (Wildman–Crippen MR) is 76.9 cm³/mol. The maximum atomic E-state index is 11.8. The average Bonchev–Trinajstić information content (AvgIpc) is 2.35. The van der Waals surface area contributed by atoms with Gasteiger partial charge in [0.05, 0.1) is 0 Å². The summed E-state index contributed by atoms with van der Waals surface area (Å²) in [5.74, 6) is 0.139. The third-order valence-corrected chi connectivity index (χ3v) is 2.87. The maximum absolute atomic E-state index is 11.8. The molecule has 2 aromatic carbocycles. The number of halogens is 1. The van der Waals surface area contributed by atoms with E-state index in [1.807, 2.05) is 0 Å². The number of hydrogen-bond donors (Lipinski definition) is 3. The Labute approximate surface area is 116 Å². The molecule has 0 spiro atoms. The number of carbonyl (C=O) groups excluding carboxylic acids is 1. The summed E-state index contributed by atoms with van der Waals surface area (Å²) in [6.45, 7) is 1.73. The van der Waals surface area contributed by atoms with Gasteiger partial charge in [0.25, 0.3) is 0 Å². The third-order valence-electron chi connectivity index (χ3n) is 2.64. The minimum Gasteiger partial charge on any atom is -0.508 e. The van der Waals surface area contributed by atoms with E-state index in [0.29, 0.717) is 22.0 Å². The number of anilines is 2. The molecule has 2 rings (SSSR count). The first-order valence-electron chi connectivity index (χ1n) is 5.68. The number of carbonyl (C=O) groups is 1. The van der Waals surface area contributed by atoms with Crippen LogP contribution >= 0.6 is 11.6 Å². The van der Waals surface area contributed by atoms with Gasteiger partial charge in [-0.25, -0.2) is 4.79 Å². The summed E-state index contributed by atoms with van der Waals surface area (Å²) in [6, 6.07) is 11.4. The van der Waals surface area contributed by atoms with Crippen molar-refractivity contribution in [1.82, 2.24) is 0 Å². The van der Waals surface area contributed by atoms with Crippen LogP contribution in [0.5, 0.6) is 5.75 Å². The highest BCUT2D eigenvalue weighted by atomic mass is 35.5. The molecule has 98 valence electrons. The van der Waals surface area contributed by atoms with E-state index < -0.39 is 6.03 Å². The minimum absolute atomic E-state index is 0.139. The number of urea groups is 1. The Morgan fingerprint density at radius 2 is 1.89 bits per heavy atom. The van der Waals surface area contributed by atoms with Crippen LogP contribution in [0.15, 0.2) is 42.5 Å². The van der Waals surface area contributed by atoms with Gasteiger partial charge in [-0.15, -0.1) is 0 Å². The predicted octanol–water partition coefficient (Wildman–Crippen LogP) is 4.00. The number of aromatic hydroxyl groups is 1. The lowest BCUT2D eigenvalue weighted by molar-refractivity contribution is 0.262. The fourth-order valence-corrected chi connectivity index (χ4v) is 1.80. The molecule has 0 unspecified atom stereocenters. The Hall–Kier alpha value is -2.20. The Morgan fingerprint density at radius 1 is 1.16 bits per heavy atom. The molecule has 0 aliphatic carbocycles. The first-order chi connectivity index (χ1) is 9.06. The zero-order valence-electron chi connectivity index (χ0n) is 10.3. The van der Waals surface area contributed by atoms with Crippen molar-refractivity contribution in [3.8, 4) is 5.75 Å². The first kappa shape index (κ1) is 13.2. The van der Waals surface area contributed by atoms with Crippen LogP contribution < -0.4 is 10.6 Å². The number of benzene rings is 2. The van der Waals surface area contributed by atoms with E-state index in [-0.39, 0.29) is 5.75 Å². The van der Waals surface area contributed by atoms with Gasteiger partial charge in [-0.3, -0.25) is 0 Å². The normalized spacial score (nSPS) is 10.0. The summed E-state index contributed by atoms with van der Waals surface area (Å²) >= 11 is 5.83. The summed E-state index contributed by atoms with van der Waals surface area (Å²) in [4.78, 5) is 11.8. The van der Waals surface area contributed by atoms with Crippen molar-refractivity contribution in [2.24, 2.45) is 0 Å². The van der Waals surface area contributed by atoms with Crippen LogP contribution in [-0.4, -0.2) is 11.1 Å². The molecular formula is C14H13ClN2O2. The summed E-state index contributed by atoms with van der Waals surface area (Å²) in [7, 11) is 0. The molecule has 19 heavy (non-hydrogen) atoms. The number of phenolic OH excluding ortho intramolecular Hbond substituents is 1. The van der Waals surface area contributed by atoms with Crippen LogP contribution in [0.2, 0.25) is 5.02 Å². The van der Waals surface area contributed by atoms with Crippen LogP contribution in [0.4, 0.5) is 16.2 Å². The molecule has 0 bridgehead atoms. The number of hydrogen-bond acceptors (Lipinski definition) is 2. The SMILES string of the molecule is Cc1c(O)cccc1NC(=O)Nc1cccc(Cl)c1. The molecule has 2 aromatic rings. The highest BCUT2D eigenvalue weighted by Gasteiger charge is 2.07. The molecule has 0 saturated heterocycles. The molecule has 3 N–H and O–H groups in total. The quantitative estimate of drug-likeness (QED) is 0.776. The minimum atomic E-state index is -0.393. The van der Waals surface area contributed by atoms with Crippen LogP contribution in [-0.2, 0) is 0 Å². The van der Waals surface area contributed by atoms with Crippen LogP contribution in [0.1, 0.15) is 5.56 Å². The van der Waals surface area contributed by atoms with Gasteiger partial charge in [-0.1, -0.05) is 23.7 Å². The van der Waals surface area contributed by atoms with Gasteiger partial charge in [-0.2, -0.15) is 0 Å². The van der Waals surface area contributed by atoms with Crippen molar-refractivity contribution in [2.45, 2.75) is 6.92 Å². The highest BCUT2D eigenvalue weighted by Crippen LogP contribution is 2.24. The van der Waals surface area contributed by atoms with E-state index in [1.165, 1.54) is 0 Å². The van der Waals surface area contributed by atoms with Crippen LogP contribution in [0, 0.1) is 6.92 Å². The molecule has 0 fully saturated rings. The van der Waals surface area contributed by atoms with Gasteiger partial charge in [0.1, 0.15) is 5.75 Å². The fraction of sp³-hybridized carbons (Fsp3) is 0.0714. The molecule has 0 aliphatic rings. The molecule has 0 heterocycles. The van der Waals surface area contributed by atoms with Crippen molar-refractivity contribution >= 4 is 29.0 Å². The lowest BCUT2D eigenvalue weighted by atomic mass is 10.2. The Bertz CT molecular complexity index is 614. The topological polar surface area (TPSA) is 61.4 Å². The van der Waals surface area contributed by atoms with Gasteiger partial charge in [0, 0.05) is 22.0 Å². The van der Waals surface area contributed by atoms with Crippen molar-refractivity contribution in [2.75, 3.05) is 10.6 Å². The average molecular weight is 277 g/mol. The second kappa shape index (κ2) is 5.63. The van der Waals surface area contributed by atoms with Gasteiger partial charge in [-0.05, 0) is 37.3 Å². The monoisotopic (exact) mass is 276 g/mol.